The lowest BCUT2D eigenvalue weighted by Gasteiger charge is -2.14. The van der Waals surface area contributed by atoms with E-state index < -0.39 is 17.6 Å². The second-order valence-corrected chi connectivity index (χ2v) is 5.41. The second kappa shape index (κ2) is 6.70. The summed E-state index contributed by atoms with van der Waals surface area (Å²) < 4.78 is 43.5. The summed E-state index contributed by atoms with van der Waals surface area (Å²) in [4.78, 5) is 12.2. The standard InChI is InChI=1S/C14H8Br2F3NO2/c15-11-7-8(14(17,18)19)6-10(12(11)22-16)13(21)20-9-4-2-1-3-5-9/h1-7H,(H,20,21). The summed E-state index contributed by atoms with van der Waals surface area (Å²) >= 11 is 5.67. The fraction of sp³-hybridized carbons (Fsp3) is 0.0714. The van der Waals surface area contributed by atoms with Crippen molar-refractivity contribution < 1.29 is 21.8 Å². The van der Waals surface area contributed by atoms with E-state index in [1.54, 1.807) is 30.3 Å². The van der Waals surface area contributed by atoms with Gasteiger partial charge in [-0.25, -0.2) is 0 Å². The molecule has 2 rings (SSSR count). The molecule has 0 fully saturated rings. The van der Waals surface area contributed by atoms with E-state index in [4.69, 9.17) is 3.83 Å². The fourth-order valence-corrected chi connectivity index (χ4v) is 2.83. The zero-order valence-electron chi connectivity index (χ0n) is 10.7. The molecule has 0 heterocycles. The number of hydrogen-bond donors (Lipinski definition) is 1. The number of carbonyl (C=O) groups is 1. The predicted octanol–water partition coefficient (Wildman–Crippen LogP) is 5.41. The molecule has 2 aromatic rings. The SMILES string of the molecule is O=C(Nc1ccccc1)c1cc(C(F)(F)F)cc(Br)c1OBr. The molecule has 0 saturated heterocycles. The monoisotopic (exact) mass is 437 g/mol. The van der Waals surface area contributed by atoms with Gasteiger partial charge in [-0.2, -0.15) is 13.2 Å². The largest absolute Gasteiger partial charge is 0.416 e. The molecule has 0 aromatic heterocycles. The van der Waals surface area contributed by atoms with Crippen molar-refractivity contribution in [3.63, 3.8) is 0 Å². The topological polar surface area (TPSA) is 38.3 Å². The van der Waals surface area contributed by atoms with Gasteiger partial charge in [0, 0.05) is 5.69 Å². The Morgan fingerprint density at radius 3 is 2.32 bits per heavy atom. The number of rotatable bonds is 3. The van der Waals surface area contributed by atoms with Gasteiger partial charge in [-0.3, -0.25) is 4.79 Å². The van der Waals surface area contributed by atoms with Gasteiger partial charge in [0.1, 0.15) is 0 Å². The lowest BCUT2D eigenvalue weighted by Crippen LogP contribution is -2.15. The van der Waals surface area contributed by atoms with Crippen LogP contribution in [0.4, 0.5) is 18.9 Å². The average Bonchev–Trinajstić information content (AvgIpc) is 2.46. The lowest BCUT2D eigenvalue weighted by atomic mass is 10.1. The molecule has 1 amide bonds. The van der Waals surface area contributed by atoms with Crippen molar-refractivity contribution in [2.45, 2.75) is 6.18 Å². The maximum atomic E-state index is 12.9. The van der Waals surface area contributed by atoms with Crippen LogP contribution in [0, 0.1) is 0 Å². The molecule has 0 aliphatic rings. The first-order valence-electron chi connectivity index (χ1n) is 5.88. The molecule has 0 atom stereocenters. The van der Waals surface area contributed by atoms with Crippen LogP contribution in [0.1, 0.15) is 15.9 Å². The first kappa shape index (κ1) is 16.8. The van der Waals surface area contributed by atoms with E-state index in [2.05, 4.69) is 37.5 Å². The van der Waals surface area contributed by atoms with Gasteiger partial charge in [0.25, 0.3) is 5.91 Å². The van der Waals surface area contributed by atoms with Gasteiger partial charge in [-0.05, 0) is 40.2 Å². The Labute approximate surface area is 141 Å². The number of hydrogen-bond acceptors (Lipinski definition) is 2. The van der Waals surface area contributed by atoms with E-state index in [9.17, 15) is 18.0 Å². The van der Waals surface area contributed by atoms with Crippen LogP contribution in [-0.4, -0.2) is 5.91 Å². The highest BCUT2D eigenvalue weighted by atomic mass is 79.9. The fourth-order valence-electron chi connectivity index (χ4n) is 1.72. The third kappa shape index (κ3) is 3.80. The zero-order valence-corrected chi connectivity index (χ0v) is 13.9. The maximum absolute atomic E-state index is 12.9. The van der Waals surface area contributed by atoms with Crippen LogP contribution < -0.4 is 9.15 Å². The quantitative estimate of drug-likeness (QED) is 0.695. The molecule has 0 aliphatic carbocycles. The summed E-state index contributed by atoms with van der Waals surface area (Å²) in [6.45, 7) is 0. The van der Waals surface area contributed by atoms with E-state index in [1.807, 2.05) is 0 Å². The molecule has 3 nitrogen and oxygen atoms in total. The van der Waals surface area contributed by atoms with Crippen molar-refractivity contribution >= 4 is 43.8 Å². The molecule has 0 spiro atoms. The Hall–Kier alpha value is -1.54. The summed E-state index contributed by atoms with van der Waals surface area (Å²) in [5, 5.41) is 2.51. The van der Waals surface area contributed by atoms with E-state index in [0.29, 0.717) is 5.69 Å². The molecule has 0 radical (unpaired) electrons. The molecule has 0 unspecified atom stereocenters. The van der Waals surface area contributed by atoms with Crippen LogP contribution in [0.25, 0.3) is 0 Å². The number of anilines is 1. The minimum absolute atomic E-state index is 0.0115. The maximum Gasteiger partial charge on any atom is 0.416 e. The number of carbonyl (C=O) groups excluding carboxylic acids is 1. The van der Waals surface area contributed by atoms with Gasteiger partial charge in [0.05, 0.1) is 15.6 Å². The van der Waals surface area contributed by atoms with Crippen molar-refractivity contribution in [2.24, 2.45) is 0 Å². The van der Waals surface area contributed by atoms with Crippen LogP contribution in [0.2, 0.25) is 0 Å². The van der Waals surface area contributed by atoms with Crippen molar-refractivity contribution in [3.8, 4) is 5.75 Å². The van der Waals surface area contributed by atoms with E-state index in [1.165, 1.54) is 0 Å². The average molecular weight is 439 g/mol. The summed E-state index contributed by atoms with van der Waals surface area (Å²) in [5.74, 6) is -0.756. The predicted molar refractivity (Wildman–Crippen MR) is 83.1 cm³/mol. The van der Waals surface area contributed by atoms with Crippen LogP contribution in [0.15, 0.2) is 46.9 Å². The van der Waals surface area contributed by atoms with Crippen molar-refractivity contribution in [2.75, 3.05) is 5.32 Å². The second-order valence-electron chi connectivity index (χ2n) is 4.23. The highest BCUT2D eigenvalue weighted by molar-refractivity contribution is 9.10. The van der Waals surface area contributed by atoms with Crippen molar-refractivity contribution in [3.05, 3.63) is 58.1 Å². The van der Waals surface area contributed by atoms with Gasteiger partial charge in [0.15, 0.2) is 22.0 Å². The minimum atomic E-state index is -4.57. The lowest BCUT2D eigenvalue weighted by molar-refractivity contribution is -0.137. The molecule has 116 valence electrons. The highest BCUT2D eigenvalue weighted by Gasteiger charge is 2.33. The van der Waals surface area contributed by atoms with Gasteiger partial charge in [0.2, 0.25) is 0 Å². The van der Waals surface area contributed by atoms with Crippen molar-refractivity contribution in [1.82, 2.24) is 0 Å². The highest BCUT2D eigenvalue weighted by Crippen LogP contribution is 2.38. The molecule has 0 bridgehead atoms. The summed E-state index contributed by atoms with van der Waals surface area (Å²) in [6, 6.07) is 9.96. The summed E-state index contributed by atoms with van der Waals surface area (Å²) in [6.07, 6.45) is -4.57. The van der Waals surface area contributed by atoms with Crippen LogP contribution >= 0.6 is 32.2 Å². The van der Waals surface area contributed by atoms with Gasteiger partial charge in [-0.15, -0.1) is 0 Å². The third-order valence-electron chi connectivity index (χ3n) is 2.72. The third-order valence-corrected chi connectivity index (χ3v) is 3.64. The molecule has 0 saturated carbocycles. The van der Waals surface area contributed by atoms with Gasteiger partial charge >= 0.3 is 6.18 Å². The summed E-state index contributed by atoms with van der Waals surface area (Å²) in [5.41, 5.74) is -0.741. The molecule has 1 N–H and O–H groups in total. The number of alkyl halides is 3. The minimum Gasteiger partial charge on any atom is -0.416 e. The van der Waals surface area contributed by atoms with E-state index >= 15 is 0 Å². The first-order chi connectivity index (χ1) is 10.3. The number of halogens is 5. The van der Waals surface area contributed by atoms with Crippen LogP contribution in [0.5, 0.6) is 5.75 Å². The Morgan fingerprint density at radius 1 is 1.14 bits per heavy atom. The molecule has 0 aliphatic heterocycles. The van der Waals surface area contributed by atoms with Crippen LogP contribution in [0.3, 0.4) is 0 Å². The van der Waals surface area contributed by atoms with Gasteiger partial charge < -0.3 is 9.15 Å². The molecular weight excluding hydrogens is 431 g/mol. The van der Waals surface area contributed by atoms with Gasteiger partial charge in [-0.1, -0.05) is 18.2 Å². The zero-order chi connectivity index (χ0) is 16.3. The normalized spacial score (nSPS) is 11.1. The Balaban J connectivity index is 2.44. The molecular formula is C14H8Br2F3NO2. The smallest absolute Gasteiger partial charge is 0.416 e. The molecule has 2 aromatic carbocycles. The number of benzene rings is 2. The van der Waals surface area contributed by atoms with Crippen molar-refractivity contribution in [1.29, 1.82) is 0 Å². The first-order valence-corrected chi connectivity index (χ1v) is 7.32. The molecule has 22 heavy (non-hydrogen) atoms. The van der Waals surface area contributed by atoms with E-state index in [-0.39, 0.29) is 15.8 Å². The Morgan fingerprint density at radius 2 is 1.77 bits per heavy atom. The Bertz CT molecular complexity index is 690. The number of amides is 1. The number of para-hydroxylation sites is 1. The van der Waals surface area contributed by atoms with E-state index in [0.717, 1.165) is 12.1 Å². The Kier molecular flexibility index (Phi) is 5.12. The summed E-state index contributed by atoms with van der Waals surface area (Å²) in [7, 11) is 0. The molecule has 8 heteroatoms. The van der Waals surface area contributed by atoms with Crippen LogP contribution in [-0.2, 0) is 6.18 Å². The number of nitrogens with one attached hydrogen (secondary N) is 1.